The Balaban J connectivity index is 1.50. The molecular weight excluding hydrogens is 626 g/mol. The Bertz CT molecular complexity index is 1600. The highest BCUT2D eigenvalue weighted by Gasteiger charge is 2.33. The van der Waals surface area contributed by atoms with E-state index in [9.17, 15) is 30.6 Å². The summed E-state index contributed by atoms with van der Waals surface area (Å²) in [5.74, 6) is 0. The second-order valence-corrected chi connectivity index (χ2v) is 11.4. The fourth-order valence-corrected chi connectivity index (χ4v) is 5.76. The van der Waals surface area contributed by atoms with Crippen molar-refractivity contribution in [3.05, 3.63) is 151 Å². The summed E-state index contributed by atoms with van der Waals surface area (Å²) in [5.41, 5.74) is 2.21. The van der Waals surface area contributed by atoms with Crippen LogP contribution in [0.5, 0.6) is 0 Å². The number of para-hydroxylation sites is 2. The summed E-state index contributed by atoms with van der Waals surface area (Å²) in [6, 6.07) is 37.1. The summed E-state index contributed by atoms with van der Waals surface area (Å²) in [7, 11) is 0. The van der Waals surface area contributed by atoms with Crippen LogP contribution in [0.2, 0.25) is 0 Å². The fourth-order valence-electron chi connectivity index (χ4n) is 4.87. The molecule has 238 valence electrons. The highest BCUT2D eigenvalue weighted by Crippen LogP contribution is 2.36. The minimum absolute atomic E-state index is 0.274. The molecule has 0 radical (unpaired) electrons. The molecule has 0 fully saturated rings. The number of anilines is 4. The molecule has 0 aliphatic heterocycles. The third kappa shape index (κ3) is 8.76. The summed E-state index contributed by atoms with van der Waals surface area (Å²) >= 11 is -1.95. The van der Waals surface area contributed by atoms with Gasteiger partial charge in [0, 0.05) is 22.7 Å². The van der Waals surface area contributed by atoms with Crippen molar-refractivity contribution in [2.45, 2.75) is 23.4 Å². The highest BCUT2D eigenvalue weighted by atomic mass is 32.2. The van der Waals surface area contributed by atoms with Gasteiger partial charge in [0.25, 0.3) is 0 Å². The summed E-state index contributed by atoms with van der Waals surface area (Å²) < 4.78 is 101. The van der Waals surface area contributed by atoms with Crippen LogP contribution in [0.1, 0.15) is 17.2 Å². The van der Waals surface area contributed by atoms with E-state index in [1.807, 2.05) is 0 Å². The largest absolute Gasteiger partial charge is 0.406 e. The normalized spacial score (nSPS) is 12.6. The molecule has 0 amide bonds. The minimum Gasteiger partial charge on any atom is -0.332 e. The first-order chi connectivity index (χ1) is 22.0. The average Bonchev–Trinajstić information content (AvgIpc) is 3.06. The quantitative estimate of drug-likeness (QED) is 0.133. The van der Waals surface area contributed by atoms with Crippen molar-refractivity contribution in [3.8, 4) is 0 Å². The molecule has 0 aliphatic carbocycles. The van der Waals surface area contributed by atoms with Gasteiger partial charge < -0.3 is 9.80 Å². The Kier molecular flexibility index (Phi) is 10.1. The van der Waals surface area contributed by atoms with E-state index in [4.69, 9.17) is 4.18 Å². The van der Waals surface area contributed by atoms with Gasteiger partial charge in [-0.2, -0.15) is 26.3 Å². The van der Waals surface area contributed by atoms with E-state index >= 15 is 0 Å². The van der Waals surface area contributed by atoms with Crippen LogP contribution in [-0.4, -0.2) is 29.7 Å². The highest BCUT2D eigenvalue weighted by molar-refractivity contribution is 7.80. The molecule has 5 rings (SSSR count). The standard InChI is InChI=1S/C35H28F6N2O2S/c36-34(37,38)24-42(28-10-4-1-5-11-28)30-20-16-26(17-21-30)33(45-46(44)32-14-8-3-9-15-32)27-18-22-31(23-19-27)43(25-35(39,40)41)29-12-6-2-7-13-29/h1-23,33H,24-25H2. The maximum Gasteiger partial charge on any atom is 0.406 e. The van der Waals surface area contributed by atoms with Gasteiger partial charge in [-0.25, -0.2) is 4.21 Å². The van der Waals surface area contributed by atoms with E-state index < -0.39 is 42.6 Å². The Morgan fingerprint density at radius 1 is 0.500 bits per heavy atom. The molecule has 0 spiro atoms. The summed E-state index contributed by atoms with van der Waals surface area (Å²) in [4.78, 5) is 2.66. The van der Waals surface area contributed by atoms with E-state index in [1.165, 1.54) is 24.3 Å². The van der Waals surface area contributed by atoms with Crippen LogP contribution in [0, 0.1) is 0 Å². The van der Waals surface area contributed by atoms with Crippen LogP contribution < -0.4 is 9.80 Å². The molecule has 46 heavy (non-hydrogen) atoms. The van der Waals surface area contributed by atoms with Crippen molar-refractivity contribution < 1.29 is 34.7 Å². The smallest absolute Gasteiger partial charge is 0.332 e. The number of hydrogen-bond donors (Lipinski definition) is 0. The van der Waals surface area contributed by atoms with E-state index in [1.54, 1.807) is 115 Å². The lowest BCUT2D eigenvalue weighted by atomic mass is 10.0. The molecule has 5 aromatic carbocycles. The van der Waals surface area contributed by atoms with Gasteiger partial charge in [-0.3, -0.25) is 4.18 Å². The van der Waals surface area contributed by atoms with E-state index in [0.29, 0.717) is 27.4 Å². The van der Waals surface area contributed by atoms with Gasteiger partial charge in [-0.1, -0.05) is 78.9 Å². The van der Waals surface area contributed by atoms with Crippen LogP contribution in [-0.2, 0) is 15.3 Å². The zero-order valence-corrected chi connectivity index (χ0v) is 25.0. The molecule has 0 heterocycles. The van der Waals surface area contributed by atoms with Crippen LogP contribution in [0.4, 0.5) is 49.1 Å². The number of hydrogen-bond acceptors (Lipinski definition) is 4. The SMILES string of the molecule is O=S(OC(c1ccc(N(CC(F)(F)F)c2ccccc2)cc1)c1ccc(N(CC(F)(F)F)c2ccccc2)cc1)c1ccccc1. The zero-order chi connectivity index (χ0) is 32.7. The first-order valence-electron chi connectivity index (χ1n) is 14.1. The van der Waals surface area contributed by atoms with Gasteiger partial charge in [0.15, 0.2) is 11.1 Å². The van der Waals surface area contributed by atoms with Crippen molar-refractivity contribution in [1.29, 1.82) is 0 Å². The number of benzene rings is 5. The molecule has 1 atom stereocenters. The lowest BCUT2D eigenvalue weighted by Crippen LogP contribution is -2.30. The lowest BCUT2D eigenvalue weighted by molar-refractivity contribution is -0.119. The number of alkyl halides is 6. The average molecular weight is 655 g/mol. The van der Waals surface area contributed by atoms with Gasteiger partial charge in [-0.15, -0.1) is 0 Å². The molecule has 4 nitrogen and oxygen atoms in total. The second-order valence-electron chi connectivity index (χ2n) is 10.3. The Hall–Kier alpha value is -4.61. The van der Waals surface area contributed by atoms with Crippen molar-refractivity contribution in [1.82, 2.24) is 0 Å². The maximum absolute atomic E-state index is 13.5. The van der Waals surface area contributed by atoms with Crippen LogP contribution in [0.15, 0.2) is 144 Å². The van der Waals surface area contributed by atoms with Gasteiger partial charge in [-0.05, 0) is 71.8 Å². The number of rotatable bonds is 11. The topological polar surface area (TPSA) is 32.8 Å². The Morgan fingerprint density at radius 3 is 1.17 bits per heavy atom. The van der Waals surface area contributed by atoms with E-state index in [0.717, 1.165) is 9.80 Å². The second kappa shape index (κ2) is 14.2. The molecule has 5 aromatic rings. The third-order valence-corrected chi connectivity index (χ3v) is 7.97. The summed E-state index contributed by atoms with van der Waals surface area (Å²) in [6.07, 6.45) is -9.92. The summed E-state index contributed by atoms with van der Waals surface area (Å²) in [5, 5.41) is 0. The zero-order valence-electron chi connectivity index (χ0n) is 24.2. The molecule has 0 bridgehead atoms. The van der Waals surface area contributed by atoms with Crippen molar-refractivity contribution in [3.63, 3.8) is 0 Å². The maximum atomic E-state index is 13.5. The fraction of sp³-hybridized carbons (Fsp3) is 0.143. The predicted molar refractivity (Wildman–Crippen MR) is 168 cm³/mol. The molecule has 1 unspecified atom stereocenters. The van der Waals surface area contributed by atoms with Gasteiger partial charge >= 0.3 is 12.4 Å². The first-order valence-corrected chi connectivity index (χ1v) is 15.2. The van der Waals surface area contributed by atoms with Gasteiger partial charge in [0.2, 0.25) is 0 Å². The molecule has 0 saturated heterocycles. The van der Waals surface area contributed by atoms with Crippen molar-refractivity contribution in [2.75, 3.05) is 22.9 Å². The van der Waals surface area contributed by atoms with Crippen LogP contribution in [0.25, 0.3) is 0 Å². The van der Waals surface area contributed by atoms with Crippen LogP contribution in [0.3, 0.4) is 0 Å². The lowest BCUT2D eigenvalue weighted by Gasteiger charge is -2.27. The summed E-state index contributed by atoms with van der Waals surface area (Å²) in [6.45, 7) is -2.43. The number of halogens is 6. The van der Waals surface area contributed by atoms with Crippen molar-refractivity contribution in [2.24, 2.45) is 0 Å². The van der Waals surface area contributed by atoms with Crippen molar-refractivity contribution >= 4 is 33.8 Å². The number of nitrogens with zero attached hydrogens (tertiary/aromatic N) is 2. The Morgan fingerprint density at radius 2 is 0.826 bits per heavy atom. The van der Waals surface area contributed by atoms with E-state index in [2.05, 4.69) is 0 Å². The molecule has 0 aromatic heterocycles. The molecular formula is C35H28F6N2O2S. The molecule has 0 N–H and O–H groups in total. The first kappa shape index (κ1) is 32.8. The minimum atomic E-state index is -4.48. The van der Waals surface area contributed by atoms with Gasteiger partial charge in [0.05, 0.1) is 4.90 Å². The monoisotopic (exact) mass is 654 g/mol. The van der Waals surface area contributed by atoms with Gasteiger partial charge in [0.1, 0.15) is 19.2 Å². The van der Waals surface area contributed by atoms with E-state index in [-0.39, 0.29) is 11.4 Å². The molecule has 11 heteroatoms. The third-order valence-electron chi connectivity index (χ3n) is 6.94. The van der Waals surface area contributed by atoms with Crippen LogP contribution >= 0.6 is 0 Å². The predicted octanol–water partition coefficient (Wildman–Crippen LogP) is 9.92. The molecule has 0 saturated carbocycles. The molecule has 0 aliphatic rings. The Labute approximate surface area is 265 Å².